The van der Waals surface area contributed by atoms with Crippen molar-refractivity contribution in [1.82, 2.24) is 10.3 Å². The lowest BCUT2D eigenvalue weighted by atomic mass is 9.92. The van der Waals surface area contributed by atoms with Gasteiger partial charge in [0.05, 0.1) is 11.0 Å². The maximum absolute atomic E-state index is 11.6. The maximum atomic E-state index is 11.6. The number of rotatable bonds is 4. The number of nitrogens with one attached hydrogen (secondary N) is 2. The van der Waals surface area contributed by atoms with Crippen LogP contribution < -0.4 is 10.6 Å². The Kier molecular flexibility index (Phi) is 4.51. The molecule has 0 fully saturated rings. The van der Waals surface area contributed by atoms with E-state index in [9.17, 15) is 4.79 Å². The zero-order valence-electron chi connectivity index (χ0n) is 10.5. The molecule has 0 atom stereocenters. The fourth-order valence-electron chi connectivity index (χ4n) is 1.38. The van der Waals surface area contributed by atoms with Crippen molar-refractivity contribution in [2.24, 2.45) is 5.41 Å². The van der Waals surface area contributed by atoms with Gasteiger partial charge in [-0.15, -0.1) is 0 Å². The summed E-state index contributed by atoms with van der Waals surface area (Å²) >= 11 is 6.00. The standard InChI is InChI=1S/C12H15ClN4O/c1-12(2,11(18)15-3)7-17-10-9(13)8(6-14)4-5-16-10/h4-5H,7H2,1-3H3,(H,15,18)(H,16,17). The number of halogens is 1. The second-order valence-corrected chi connectivity index (χ2v) is 4.83. The number of anilines is 1. The molecule has 6 heteroatoms. The molecule has 1 rings (SSSR count). The molecule has 0 saturated carbocycles. The fraction of sp³-hybridized carbons (Fsp3) is 0.417. The van der Waals surface area contributed by atoms with Gasteiger partial charge in [0.15, 0.2) is 0 Å². The molecule has 0 aliphatic heterocycles. The van der Waals surface area contributed by atoms with Gasteiger partial charge in [0.25, 0.3) is 0 Å². The normalized spacial score (nSPS) is 10.6. The molecular formula is C12H15ClN4O. The van der Waals surface area contributed by atoms with Crippen molar-refractivity contribution in [3.63, 3.8) is 0 Å². The van der Waals surface area contributed by atoms with Gasteiger partial charge in [0.2, 0.25) is 5.91 Å². The fourth-order valence-corrected chi connectivity index (χ4v) is 1.60. The van der Waals surface area contributed by atoms with Gasteiger partial charge in [0, 0.05) is 19.8 Å². The molecule has 0 aromatic carbocycles. The Balaban J connectivity index is 2.82. The van der Waals surface area contributed by atoms with Crippen LogP contribution in [-0.2, 0) is 4.79 Å². The summed E-state index contributed by atoms with van der Waals surface area (Å²) in [4.78, 5) is 15.7. The minimum atomic E-state index is -0.595. The van der Waals surface area contributed by atoms with Gasteiger partial charge < -0.3 is 10.6 Å². The van der Waals surface area contributed by atoms with E-state index in [0.29, 0.717) is 17.9 Å². The van der Waals surface area contributed by atoms with Crippen LogP contribution in [0.25, 0.3) is 0 Å². The van der Waals surface area contributed by atoms with Crippen LogP contribution in [0.4, 0.5) is 5.82 Å². The quantitative estimate of drug-likeness (QED) is 0.871. The van der Waals surface area contributed by atoms with E-state index >= 15 is 0 Å². The predicted octanol–water partition coefficient (Wildman–Crippen LogP) is 1.79. The molecule has 0 bridgehead atoms. The third-order valence-electron chi connectivity index (χ3n) is 2.55. The highest BCUT2D eigenvalue weighted by atomic mass is 35.5. The van der Waals surface area contributed by atoms with Crippen molar-refractivity contribution in [2.45, 2.75) is 13.8 Å². The third-order valence-corrected chi connectivity index (χ3v) is 2.93. The summed E-state index contributed by atoms with van der Waals surface area (Å²) in [5.41, 5.74) is -0.241. The summed E-state index contributed by atoms with van der Waals surface area (Å²) < 4.78 is 0. The summed E-state index contributed by atoms with van der Waals surface area (Å²) in [5, 5.41) is 14.7. The van der Waals surface area contributed by atoms with Crippen molar-refractivity contribution in [3.8, 4) is 6.07 Å². The first kappa shape index (κ1) is 14.3. The lowest BCUT2D eigenvalue weighted by Crippen LogP contribution is -2.39. The van der Waals surface area contributed by atoms with Crippen LogP contribution in [-0.4, -0.2) is 24.5 Å². The summed E-state index contributed by atoms with van der Waals surface area (Å²) in [6, 6.07) is 3.51. The van der Waals surface area contributed by atoms with Gasteiger partial charge in [-0.3, -0.25) is 4.79 Å². The molecule has 2 N–H and O–H groups in total. The second-order valence-electron chi connectivity index (χ2n) is 4.45. The summed E-state index contributed by atoms with van der Waals surface area (Å²) in [6.45, 7) is 3.98. The number of aromatic nitrogens is 1. The molecule has 18 heavy (non-hydrogen) atoms. The van der Waals surface area contributed by atoms with Crippen molar-refractivity contribution in [2.75, 3.05) is 18.9 Å². The smallest absolute Gasteiger partial charge is 0.227 e. The van der Waals surface area contributed by atoms with Crippen LogP contribution in [0, 0.1) is 16.7 Å². The Labute approximate surface area is 111 Å². The highest BCUT2D eigenvalue weighted by Crippen LogP contribution is 2.24. The van der Waals surface area contributed by atoms with E-state index < -0.39 is 5.41 Å². The molecule has 0 aliphatic rings. The third kappa shape index (κ3) is 3.11. The molecule has 0 unspecified atom stereocenters. The van der Waals surface area contributed by atoms with Gasteiger partial charge in [0.1, 0.15) is 16.9 Å². The zero-order valence-corrected chi connectivity index (χ0v) is 11.3. The van der Waals surface area contributed by atoms with Crippen LogP contribution in [0.1, 0.15) is 19.4 Å². The van der Waals surface area contributed by atoms with Crippen LogP contribution in [0.2, 0.25) is 5.02 Å². The highest BCUT2D eigenvalue weighted by Gasteiger charge is 2.26. The van der Waals surface area contributed by atoms with E-state index in [-0.39, 0.29) is 10.9 Å². The van der Waals surface area contributed by atoms with Gasteiger partial charge in [-0.2, -0.15) is 5.26 Å². The monoisotopic (exact) mass is 266 g/mol. The molecule has 1 aromatic heterocycles. The molecular weight excluding hydrogens is 252 g/mol. The minimum Gasteiger partial charge on any atom is -0.368 e. The molecule has 96 valence electrons. The number of nitrogens with zero attached hydrogens (tertiary/aromatic N) is 2. The molecule has 0 aliphatic carbocycles. The van der Waals surface area contributed by atoms with E-state index in [4.69, 9.17) is 16.9 Å². The number of pyridine rings is 1. The first-order chi connectivity index (χ1) is 8.42. The SMILES string of the molecule is CNC(=O)C(C)(C)CNc1nccc(C#N)c1Cl. The maximum Gasteiger partial charge on any atom is 0.227 e. The Morgan fingerprint density at radius 3 is 2.83 bits per heavy atom. The zero-order chi connectivity index (χ0) is 13.8. The van der Waals surface area contributed by atoms with Gasteiger partial charge in [-0.1, -0.05) is 11.6 Å². The molecule has 1 amide bonds. The Bertz CT molecular complexity index is 493. The Morgan fingerprint density at radius 1 is 1.61 bits per heavy atom. The molecule has 5 nitrogen and oxygen atoms in total. The lowest BCUT2D eigenvalue weighted by molar-refractivity contribution is -0.128. The van der Waals surface area contributed by atoms with Crippen molar-refractivity contribution < 1.29 is 4.79 Å². The van der Waals surface area contributed by atoms with E-state index in [1.54, 1.807) is 20.9 Å². The highest BCUT2D eigenvalue weighted by molar-refractivity contribution is 6.34. The van der Waals surface area contributed by atoms with Gasteiger partial charge in [-0.25, -0.2) is 4.98 Å². The number of carbonyl (C=O) groups excluding carboxylic acids is 1. The van der Waals surface area contributed by atoms with Crippen LogP contribution in [0.3, 0.4) is 0 Å². The number of nitriles is 1. The number of amides is 1. The summed E-state index contributed by atoms with van der Waals surface area (Å²) in [7, 11) is 1.59. The average Bonchev–Trinajstić information content (AvgIpc) is 2.36. The average molecular weight is 267 g/mol. The first-order valence-corrected chi connectivity index (χ1v) is 5.81. The van der Waals surface area contributed by atoms with Crippen molar-refractivity contribution in [3.05, 3.63) is 22.8 Å². The number of hydrogen-bond donors (Lipinski definition) is 2. The van der Waals surface area contributed by atoms with Gasteiger partial charge in [-0.05, 0) is 19.9 Å². The van der Waals surface area contributed by atoms with E-state index in [1.165, 1.54) is 12.3 Å². The molecule has 1 heterocycles. The molecule has 0 spiro atoms. The lowest BCUT2D eigenvalue weighted by Gasteiger charge is -2.23. The Hall–Kier alpha value is -1.80. The molecule has 0 saturated heterocycles. The minimum absolute atomic E-state index is 0.0810. The molecule has 0 radical (unpaired) electrons. The second kappa shape index (κ2) is 5.69. The van der Waals surface area contributed by atoms with E-state index in [0.717, 1.165) is 0 Å². The topological polar surface area (TPSA) is 77.8 Å². The first-order valence-electron chi connectivity index (χ1n) is 5.43. The largest absolute Gasteiger partial charge is 0.368 e. The molecule has 1 aromatic rings. The van der Waals surface area contributed by atoms with Crippen LogP contribution in [0.15, 0.2) is 12.3 Å². The predicted molar refractivity (Wildman–Crippen MR) is 70.3 cm³/mol. The summed E-state index contributed by atoms with van der Waals surface area (Å²) in [6.07, 6.45) is 1.50. The van der Waals surface area contributed by atoms with Gasteiger partial charge >= 0.3 is 0 Å². The Morgan fingerprint density at radius 2 is 2.28 bits per heavy atom. The summed E-state index contributed by atoms with van der Waals surface area (Å²) in [5.74, 6) is 0.329. The van der Waals surface area contributed by atoms with Crippen LogP contribution >= 0.6 is 11.6 Å². The van der Waals surface area contributed by atoms with Crippen molar-refractivity contribution in [1.29, 1.82) is 5.26 Å². The van der Waals surface area contributed by atoms with Crippen LogP contribution in [0.5, 0.6) is 0 Å². The number of hydrogen-bond acceptors (Lipinski definition) is 4. The van der Waals surface area contributed by atoms with E-state index in [1.807, 2.05) is 6.07 Å². The van der Waals surface area contributed by atoms with Crippen molar-refractivity contribution >= 4 is 23.3 Å². The van der Waals surface area contributed by atoms with E-state index in [2.05, 4.69) is 15.6 Å². The number of carbonyl (C=O) groups is 1.